The van der Waals surface area contributed by atoms with E-state index in [4.69, 9.17) is 10.5 Å². The summed E-state index contributed by atoms with van der Waals surface area (Å²) in [5.41, 5.74) is 9.15. The molecule has 6 nitrogen and oxygen atoms in total. The number of nitrogens with two attached hydrogens (primary N) is 1. The lowest BCUT2D eigenvalue weighted by Gasteiger charge is -2.42. The molecule has 0 atom stereocenters. The van der Waals surface area contributed by atoms with Gasteiger partial charge in [0.05, 0.1) is 0 Å². The number of amides is 2. The van der Waals surface area contributed by atoms with Crippen LogP contribution in [0.5, 0.6) is 5.75 Å². The molecule has 2 N–H and O–H groups in total. The molecule has 2 aromatic rings. The number of benzene rings is 2. The van der Waals surface area contributed by atoms with Crippen molar-refractivity contribution in [3.05, 3.63) is 70.8 Å². The van der Waals surface area contributed by atoms with Crippen molar-refractivity contribution in [3.63, 3.8) is 0 Å². The van der Waals surface area contributed by atoms with Gasteiger partial charge in [-0.2, -0.15) is 0 Å². The second-order valence-corrected chi connectivity index (χ2v) is 8.66. The number of piperidine rings is 1. The first-order chi connectivity index (χ1) is 15.4. The molecule has 32 heavy (non-hydrogen) atoms. The molecule has 6 heteroatoms. The van der Waals surface area contributed by atoms with Gasteiger partial charge >= 0.3 is 0 Å². The van der Waals surface area contributed by atoms with Crippen LogP contribution in [0.15, 0.2) is 48.5 Å². The van der Waals surface area contributed by atoms with Crippen LogP contribution in [0.4, 0.5) is 0 Å². The van der Waals surface area contributed by atoms with E-state index < -0.39 is 5.91 Å². The van der Waals surface area contributed by atoms with Gasteiger partial charge in [-0.15, -0.1) is 0 Å². The monoisotopic (exact) mass is 433 g/mol. The lowest BCUT2D eigenvalue weighted by Crippen LogP contribution is -2.46. The summed E-state index contributed by atoms with van der Waals surface area (Å²) < 4.78 is 6.50. The van der Waals surface area contributed by atoms with Gasteiger partial charge in [0.1, 0.15) is 11.4 Å². The predicted molar refractivity (Wildman–Crippen MR) is 126 cm³/mol. The van der Waals surface area contributed by atoms with Crippen LogP contribution < -0.4 is 10.5 Å². The smallest absolute Gasteiger partial charge is 0.253 e. The lowest BCUT2D eigenvalue weighted by molar-refractivity contribution is 0.0468. The summed E-state index contributed by atoms with van der Waals surface area (Å²) in [6.45, 7) is 7.24. The van der Waals surface area contributed by atoms with E-state index in [1.54, 1.807) is 12.1 Å². The highest BCUT2D eigenvalue weighted by Gasteiger charge is 2.38. The van der Waals surface area contributed by atoms with Crippen molar-refractivity contribution in [1.29, 1.82) is 0 Å². The molecule has 0 radical (unpaired) electrons. The van der Waals surface area contributed by atoms with E-state index in [-0.39, 0.29) is 11.5 Å². The fourth-order valence-corrected chi connectivity index (χ4v) is 4.54. The Morgan fingerprint density at radius 3 is 2.25 bits per heavy atom. The third kappa shape index (κ3) is 4.15. The molecule has 168 valence electrons. The third-order valence-electron chi connectivity index (χ3n) is 6.60. The van der Waals surface area contributed by atoms with E-state index in [0.717, 1.165) is 48.4 Å². The first-order valence-corrected chi connectivity index (χ1v) is 11.3. The van der Waals surface area contributed by atoms with Crippen LogP contribution in [0.1, 0.15) is 58.5 Å². The van der Waals surface area contributed by atoms with Crippen LogP contribution in [0.2, 0.25) is 0 Å². The van der Waals surface area contributed by atoms with Gasteiger partial charge in [0.2, 0.25) is 5.91 Å². The molecule has 2 aromatic carbocycles. The number of primary amides is 1. The zero-order valence-electron chi connectivity index (χ0n) is 19.1. The fourth-order valence-electron chi connectivity index (χ4n) is 4.54. The van der Waals surface area contributed by atoms with Gasteiger partial charge in [-0.05, 0) is 68.4 Å². The van der Waals surface area contributed by atoms with Crippen molar-refractivity contribution in [2.45, 2.75) is 32.3 Å². The summed E-state index contributed by atoms with van der Waals surface area (Å²) in [6.07, 6.45) is 3.99. The largest absolute Gasteiger partial charge is 0.482 e. The van der Waals surface area contributed by atoms with Crippen LogP contribution in [-0.2, 0) is 0 Å². The van der Waals surface area contributed by atoms with Gasteiger partial charge in [-0.3, -0.25) is 9.59 Å². The van der Waals surface area contributed by atoms with E-state index in [1.165, 1.54) is 0 Å². The molecule has 2 aliphatic heterocycles. The average Bonchev–Trinajstić information content (AvgIpc) is 2.81. The number of rotatable bonds is 5. The molecule has 4 rings (SSSR count). The summed E-state index contributed by atoms with van der Waals surface area (Å²) in [7, 11) is 2.12. The van der Waals surface area contributed by atoms with E-state index in [9.17, 15) is 9.59 Å². The van der Waals surface area contributed by atoms with Gasteiger partial charge in [-0.25, -0.2) is 0 Å². The molecule has 1 fully saturated rings. The zero-order chi connectivity index (χ0) is 22.9. The minimum atomic E-state index is -0.466. The Labute approximate surface area is 189 Å². The van der Waals surface area contributed by atoms with Crippen molar-refractivity contribution < 1.29 is 14.3 Å². The van der Waals surface area contributed by atoms with E-state index in [1.807, 2.05) is 49.1 Å². The van der Waals surface area contributed by atoms with Crippen LogP contribution >= 0.6 is 0 Å². The standard InChI is InChI=1S/C26H31N3O3/c1-4-29(5-2)25(31)19-8-6-18(7-9-19)22-17-26(12-14-28(3)15-13-26)32-23-11-10-20(24(27)30)16-21(22)23/h6-11,16-17H,4-5,12-15H2,1-3H3,(H2,27,30). The second kappa shape index (κ2) is 8.79. The summed E-state index contributed by atoms with van der Waals surface area (Å²) in [4.78, 5) is 28.7. The molecular weight excluding hydrogens is 402 g/mol. The normalized spacial score (nSPS) is 17.3. The van der Waals surface area contributed by atoms with E-state index >= 15 is 0 Å². The molecule has 1 spiro atoms. The number of hydrogen-bond donors (Lipinski definition) is 1. The summed E-state index contributed by atoms with van der Waals surface area (Å²) >= 11 is 0. The third-order valence-corrected chi connectivity index (χ3v) is 6.60. The van der Waals surface area contributed by atoms with E-state index in [2.05, 4.69) is 18.0 Å². The van der Waals surface area contributed by atoms with Crippen LogP contribution in [0.3, 0.4) is 0 Å². The Kier molecular flexibility index (Phi) is 6.07. The molecular formula is C26H31N3O3. The maximum atomic E-state index is 12.7. The predicted octanol–water partition coefficient (Wildman–Crippen LogP) is 3.56. The van der Waals surface area contributed by atoms with Gasteiger partial charge in [0, 0.05) is 55.7 Å². The average molecular weight is 434 g/mol. The highest BCUT2D eigenvalue weighted by Crippen LogP contribution is 2.43. The Morgan fingerprint density at radius 1 is 1.03 bits per heavy atom. The topological polar surface area (TPSA) is 75.9 Å². The number of carbonyl (C=O) groups is 2. The van der Waals surface area contributed by atoms with Crippen molar-refractivity contribution in [2.75, 3.05) is 33.2 Å². The quantitative estimate of drug-likeness (QED) is 0.782. The zero-order valence-corrected chi connectivity index (χ0v) is 19.1. The van der Waals surface area contributed by atoms with Crippen molar-refractivity contribution in [1.82, 2.24) is 9.80 Å². The number of carbonyl (C=O) groups excluding carboxylic acids is 2. The molecule has 0 saturated carbocycles. The summed E-state index contributed by atoms with van der Waals surface area (Å²) in [5.74, 6) is 0.331. The first-order valence-electron chi connectivity index (χ1n) is 11.3. The van der Waals surface area contributed by atoms with E-state index in [0.29, 0.717) is 24.2 Å². The molecule has 0 aromatic heterocycles. The molecule has 0 aliphatic carbocycles. The Bertz CT molecular complexity index is 1050. The highest BCUT2D eigenvalue weighted by atomic mass is 16.5. The molecule has 1 saturated heterocycles. The van der Waals surface area contributed by atoms with Crippen LogP contribution in [-0.4, -0.2) is 60.4 Å². The highest BCUT2D eigenvalue weighted by molar-refractivity contribution is 5.97. The minimum absolute atomic E-state index is 0.0331. The first kappa shape index (κ1) is 22.1. The Morgan fingerprint density at radius 2 is 1.66 bits per heavy atom. The van der Waals surface area contributed by atoms with Gasteiger partial charge in [-0.1, -0.05) is 12.1 Å². The molecule has 2 heterocycles. The van der Waals surface area contributed by atoms with Crippen molar-refractivity contribution >= 4 is 17.4 Å². The van der Waals surface area contributed by atoms with Crippen molar-refractivity contribution in [3.8, 4) is 5.75 Å². The molecule has 0 unspecified atom stereocenters. The molecule has 2 amide bonds. The van der Waals surface area contributed by atoms with Gasteiger partial charge in [0.15, 0.2) is 0 Å². The number of ether oxygens (including phenoxy) is 1. The Hall–Kier alpha value is -3.12. The molecule has 2 aliphatic rings. The lowest BCUT2D eigenvalue weighted by atomic mass is 9.82. The number of nitrogens with zero attached hydrogens (tertiary/aromatic N) is 2. The number of likely N-dealkylation sites (tertiary alicyclic amines) is 1. The Balaban J connectivity index is 1.76. The number of hydrogen-bond acceptors (Lipinski definition) is 4. The summed E-state index contributed by atoms with van der Waals surface area (Å²) in [5, 5.41) is 0. The molecule has 0 bridgehead atoms. The minimum Gasteiger partial charge on any atom is -0.482 e. The van der Waals surface area contributed by atoms with Crippen molar-refractivity contribution in [2.24, 2.45) is 5.73 Å². The summed E-state index contributed by atoms with van der Waals surface area (Å²) in [6, 6.07) is 13.1. The number of fused-ring (bicyclic) bond motifs is 1. The van der Waals surface area contributed by atoms with Gasteiger partial charge in [0.25, 0.3) is 5.91 Å². The SMILES string of the molecule is CCN(CC)C(=O)c1ccc(C2=CC3(CCN(C)CC3)Oc3ccc(C(N)=O)cc32)cc1. The maximum Gasteiger partial charge on any atom is 0.253 e. The van der Waals surface area contributed by atoms with Crippen LogP contribution in [0, 0.1) is 0 Å². The van der Waals surface area contributed by atoms with Crippen LogP contribution in [0.25, 0.3) is 5.57 Å². The maximum absolute atomic E-state index is 12.7. The van der Waals surface area contributed by atoms with Gasteiger partial charge < -0.3 is 20.3 Å². The fraction of sp³-hybridized carbons (Fsp3) is 0.385. The second-order valence-electron chi connectivity index (χ2n) is 8.66.